The third-order valence-electron chi connectivity index (χ3n) is 6.64. The van der Waals surface area contributed by atoms with E-state index < -0.39 is 19.7 Å². The van der Waals surface area contributed by atoms with Crippen molar-refractivity contribution in [3.63, 3.8) is 0 Å². The highest BCUT2D eigenvalue weighted by Crippen LogP contribution is 2.44. The maximum absolute atomic E-state index is 11.3. The molecule has 0 unspecified atom stereocenters. The number of aromatic nitrogens is 4. The number of nitrogens with one attached hydrogen (secondary N) is 1. The molecular formula is C26H26ClF3N5O5P. The van der Waals surface area contributed by atoms with Gasteiger partial charge in [-0.1, -0.05) is 41.9 Å². The maximum Gasteiger partial charge on any atom is 0.490 e. The minimum atomic E-state index is -5.08. The first-order valence-electron chi connectivity index (χ1n) is 12.5. The van der Waals surface area contributed by atoms with Crippen molar-refractivity contribution in [2.75, 3.05) is 11.5 Å². The van der Waals surface area contributed by atoms with Crippen LogP contribution in [0.2, 0.25) is 5.15 Å². The van der Waals surface area contributed by atoms with Crippen molar-refractivity contribution in [1.29, 1.82) is 0 Å². The molecule has 5 rings (SSSR count). The fourth-order valence-electron chi connectivity index (χ4n) is 4.75. The number of carboxylic acids is 1. The van der Waals surface area contributed by atoms with E-state index >= 15 is 0 Å². The zero-order valence-electron chi connectivity index (χ0n) is 21.4. The SMILES string of the molecule is O=C(O)C(F)(F)F.O=P(O)(O)CC1CCC(c2ccc(-n3c(Nc4ccccc4)nc4c(Cl)ncnc43)cc2)CC1. The number of imidazole rings is 1. The van der Waals surface area contributed by atoms with Crippen LogP contribution in [0.15, 0.2) is 60.9 Å². The maximum atomic E-state index is 11.3. The van der Waals surface area contributed by atoms with Gasteiger partial charge < -0.3 is 20.2 Å². The Morgan fingerprint density at radius 2 is 1.63 bits per heavy atom. The highest BCUT2D eigenvalue weighted by atomic mass is 35.5. The van der Waals surface area contributed by atoms with E-state index in [0.29, 0.717) is 28.2 Å². The van der Waals surface area contributed by atoms with Crippen LogP contribution in [0.4, 0.5) is 24.8 Å². The Morgan fingerprint density at radius 3 is 2.20 bits per heavy atom. The lowest BCUT2D eigenvalue weighted by atomic mass is 9.79. The van der Waals surface area contributed by atoms with Crippen molar-refractivity contribution < 1.29 is 37.4 Å². The number of fused-ring (bicyclic) bond motifs is 1. The van der Waals surface area contributed by atoms with E-state index in [9.17, 15) is 27.5 Å². The molecule has 1 aliphatic carbocycles. The molecule has 2 aromatic heterocycles. The lowest BCUT2D eigenvalue weighted by Crippen LogP contribution is -2.21. The van der Waals surface area contributed by atoms with Crippen molar-refractivity contribution in [3.8, 4) is 5.69 Å². The van der Waals surface area contributed by atoms with Crippen LogP contribution < -0.4 is 5.32 Å². The Balaban J connectivity index is 0.000000493. The van der Waals surface area contributed by atoms with E-state index in [0.717, 1.165) is 37.1 Å². The molecule has 15 heteroatoms. The summed E-state index contributed by atoms with van der Waals surface area (Å²) < 4.78 is 45.0. The first-order valence-corrected chi connectivity index (χ1v) is 14.7. The molecule has 0 aliphatic heterocycles. The van der Waals surface area contributed by atoms with Crippen molar-refractivity contribution in [3.05, 3.63) is 71.6 Å². The van der Waals surface area contributed by atoms with Crippen LogP contribution >= 0.6 is 19.2 Å². The van der Waals surface area contributed by atoms with Gasteiger partial charge in [0.05, 0.1) is 11.8 Å². The van der Waals surface area contributed by atoms with Gasteiger partial charge in [0, 0.05) is 5.69 Å². The van der Waals surface area contributed by atoms with Crippen LogP contribution in [-0.2, 0) is 9.36 Å². The standard InChI is InChI=1S/C24H25ClN5O3P.C2HF3O2/c25-22-21-23(27-15-26-22)30(24(29-21)28-19-4-2-1-3-5-19)20-12-10-18(11-13-20)17-8-6-16(7-9-17)14-34(31,32)33;3-2(4,5)1(6)7/h1-5,10-13,15-17H,6-9,14H2,(H,28,29)(H2,31,32,33);(H,6,7). The van der Waals surface area contributed by atoms with Gasteiger partial charge in [0.15, 0.2) is 10.8 Å². The average molecular weight is 612 g/mol. The lowest BCUT2D eigenvalue weighted by molar-refractivity contribution is -0.192. The van der Waals surface area contributed by atoms with Crippen molar-refractivity contribution in [1.82, 2.24) is 19.5 Å². The molecule has 0 spiro atoms. The van der Waals surface area contributed by atoms with Crippen molar-refractivity contribution in [2.45, 2.75) is 37.8 Å². The molecule has 0 atom stereocenters. The van der Waals surface area contributed by atoms with Crippen LogP contribution in [0.3, 0.4) is 0 Å². The quantitative estimate of drug-likeness (QED) is 0.145. The summed E-state index contributed by atoms with van der Waals surface area (Å²) in [6, 6.07) is 18.1. The Labute approximate surface area is 237 Å². The fraction of sp³-hybridized carbons (Fsp3) is 0.308. The molecule has 0 radical (unpaired) electrons. The Hall–Kier alpha value is -3.51. The second-order valence-corrected chi connectivity index (χ2v) is 11.6. The fourth-order valence-corrected chi connectivity index (χ4v) is 5.96. The highest BCUT2D eigenvalue weighted by molar-refractivity contribution is 7.51. The van der Waals surface area contributed by atoms with Crippen LogP contribution in [0.25, 0.3) is 16.9 Å². The Kier molecular flexibility index (Phi) is 9.33. The summed E-state index contributed by atoms with van der Waals surface area (Å²) in [5.41, 5.74) is 4.16. The van der Waals surface area contributed by atoms with Gasteiger partial charge in [-0.25, -0.2) is 19.7 Å². The summed E-state index contributed by atoms with van der Waals surface area (Å²) >= 11 is 6.31. The molecule has 4 aromatic rings. The topological polar surface area (TPSA) is 150 Å². The molecule has 218 valence electrons. The first kappa shape index (κ1) is 30.4. The third-order valence-corrected chi connectivity index (χ3v) is 7.91. The van der Waals surface area contributed by atoms with Crippen LogP contribution in [0, 0.1) is 5.92 Å². The van der Waals surface area contributed by atoms with Crippen LogP contribution in [-0.4, -0.2) is 52.7 Å². The number of anilines is 2. The second-order valence-electron chi connectivity index (χ2n) is 9.56. The minimum Gasteiger partial charge on any atom is -0.475 e. The van der Waals surface area contributed by atoms with Gasteiger partial charge in [0.2, 0.25) is 5.95 Å². The zero-order valence-corrected chi connectivity index (χ0v) is 23.0. The molecule has 41 heavy (non-hydrogen) atoms. The second kappa shape index (κ2) is 12.6. The molecule has 10 nitrogen and oxygen atoms in total. The summed E-state index contributed by atoms with van der Waals surface area (Å²) in [6.07, 6.45) is -0.120. The molecule has 1 aliphatic rings. The monoisotopic (exact) mass is 611 g/mol. The van der Waals surface area contributed by atoms with E-state index in [2.05, 4.69) is 32.4 Å². The molecule has 0 saturated heterocycles. The van der Waals surface area contributed by atoms with Gasteiger partial charge in [-0.3, -0.25) is 9.13 Å². The number of para-hydroxylation sites is 1. The number of hydrogen-bond donors (Lipinski definition) is 4. The molecule has 0 amide bonds. The molecule has 4 N–H and O–H groups in total. The van der Waals surface area contributed by atoms with Gasteiger partial charge in [0.25, 0.3) is 0 Å². The molecule has 2 heterocycles. The van der Waals surface area contributed by atoms with Crippen LogP contribution in [0.1, 0.15) is 37.2 Å². The van der Waals surface area contributed by atoms with Crippen molar-refractivity contribution in [2.24, 2.45) is 5.92 Å². The molecule has 1 fully saturated rings. The number of nitrogens with zero attached hydrogens (tertiary/aromatic N) is 4. The number of carboxylic acid groups (broad SMARTS) is 1. The van der Waals surface area contributed by atoms with Crippen molar-refractivity contribution >= 4 is 48.0 Å². The Bertz CT molecular complexity index is 1540. The van der Waals surface area contributed by atoms with E-state index in [1.807, 2.05) is 47.0 Å². The van der Waals surface area contributed by atoms with E-state index in [1.54, 1.807) is 0 Å². The number of alkyl halides is 3. The number of rotatable bonds is 6. The normalized spacial score (nSPS) is 17.5. The Morgan fingerprint density at radius 1 is 1.02 bits per heavy atom. The minimum absolute atomic E-state index is 0.00598. The van der Waals surface area contributed by atoms with Gasteiger partial charge in [-0.15, -0.1) is 0 Å². The van der Waals surface area contributed by atoms with E-state index in [-0.39, 0.29) is 12.1 Å². The molecule has 1 saturated carbocycles. The zero-order chi connectivity index (χ0) is 29.8. The third kappa shape index (κ3) is 8.04. The summed E-state index contributed by atoms with van der Waals surface area (Å²) in [5, 5.41) is 10.8. The summed E-state index contributed by atoms with van der Waals surface area (Å²) in [4.78, 5) is 40.6. The highest BCUT2D eigenvalue weighted by Gasteiger charge is 2.38. The molecule has 2 aromatic carbocycles. The van der Waals surface area contributed by atoms with Gasteiger partial charge >= 0.3 is 19.7 Å². The predicted molar refractivity (Wildman–Crippen MR) is 147 cm³/mol. The number of hydrogen-bond acceptors (Lipinski definition) is 6. The van der Waals surface area contributed by atoms with Gasteiger partial charge in [-0.05, 0) is 67.3 Å². The molecular weight excluding hydrogens is 586 g/mol. The van der Waals surface area contributed by atoms with E-state index in [1.165, 1.54) is 11.9 Å². The smallest absolute Gasteiger partial charge is 0.475 e. The summed E-state index contributed by atoms with van der Waals surface area (Å²) in [5.74, 6) is -1.67. The number of halogens is 4. The predicted octanol–water partition coefficient (Wildman–Crippen LogP) is 6.30. The summed E-state index contributed by atoms with van der Waals surface area (Å²) in [6.45, 7) is 0. The molecule has 0 bridgehead atoms. The first-order chi connectivity index (χ1) is 19.3. The number of carbonyl (C=O) groups is 1. The lowest BCUT2D eigenvalue weighted by Gasteiger charge is -2.29. The average Bonchev–Trinajstić information content (AvgIpc) is 3.28. The number of benzene rings is 2. The van der Waals surface area contributed by atoms with Gasteiger partial charge in [-0.2, -0.15) is 13.2 Å². The number of aliphatic carboxylic acids is 1. The van der Waals surface area contributed by atoms with Crippen LogP contribution in [0.5, 0.6) is 0 Å². The van der Waals surface area contributed by atoms with E-state index in [4.69, 9.17) is 21.5 Å². The summed E-state index contributed by atoms with van der Waals surface area (Å²) in [7, 11) is -3.95. The largest absolute Gasteiger partial charge is 0.490 e. The van der Waals surface area contributed by atoms with Gasteiger partial charge in [0.1, 0.15) is 11.8 Å².